The molecule has 2 aliphatic heterocycles. The molecule has 0 spiro atoms. The minimum Gasteiger partial charge on any atom is -0.391 e. The Morgan fingerprint density at radius 3 is 2.40 bits per heavy atom. The van der Waals surface area contributed by atoms with E-state index in [1.165, 1.54) is 32.1 Å². The molecule has 6 rings (SSSR count). The van der Waals surface area contributed by atoms with E-state index >= 15 is 0 Å². The van der Waals surface area contributed by atoms with Crippen molar-refractivity contribution in [3.8, 4) is 0 Å². The van der Waals surface area contributed by atoms with Gasteiger partial charge in [-0.05, 0) is 117 Å². The molecule has 15 atom stereocenters. The first-order chi connectivity index (χ1) is 23.3. The fraction of sp³-hybridized carbons (Fsp3) is 0.952. The summed E-state index contributed by atoms with van der Waals surface area (Å²) in [5, 5.41) is 41.6. The molecule has 50 heavy (non-hydrogen) atoms. The molecule has 3 saturated carbocycles. The summed E-state index contributed by atoms with van der Waals surface area (Å²) < 4.78 is 24.6. The second-order valence-corrected chi connectivity index (χ2v) is 19.9. The van der Waals surface area contributed by atoms with Gasteiger partial charge in [0.2, 0.25) is 0 Å². The lowest BCUT2D eigenvalue weighted by Crippen LogP contribution is -2.59. The van der Waals surface area contributed by atoms with Gasteiger partial charge >= 0.3 is 0 Å². The maximum absolute atomic E-state index is 11.2. The van der Waals surface area contributed by atoms with Gasteiger partial charge in [0, 0.05) is 11.8 Å². The van der Waals surface area contributed by atoms with E-state index < -0.39 is 36.5 Å². The molecular formula is C42H72O8. The lowest BCUT2D eigenvalue weighted by molar-refractivity contribution is -0.301. The van der Waals surface area contributed by atoms with Crippen molar-refractivity contribution >= 4 is 0 Å². The van der Waals surface area contributed by atoms with Crippen LogP contribution < -0.4 is 0 Å². The Balaban J connectivity index is 1.12. The van der Waals surface area contributed by atoms with Crippen LogP contribution in [-0.4, -0.2) is 82.3 Å². The highest BCUT2D eigenvalue weighted by Crippen LogP contribution is 2.75. The van der Waals surface area contributed by atoms with Crippen LogP contribution in [0.25, 0.3) is 0 Å². The number of allylic oxidation sites excluding steroid dienone is 1. The zero-order chi connectivity index (χ0) is 36.4. The van der Waals surface area contributed by atoms with E-state index in [0.717, 1.165) is 38.0 Å². The SMILES string of the molecule is C[C@H](CCCC(C)(C)O)C1CC[C@@]2(C)C3CC=C4C(CC[C@H](O[C@@H]5O[C@H](CO[C@@H]6OC[C@@H](O)C[C@H]6O)C[C@H](C)[C@H]5O)C4(C)C)[C@]3(C)CC[C@]12C. The third-order valence-corrected chi connectivity index (χ3v) is 15.8. The molecule has 8 nitrogen and oxygen atoms in total. The van der Waals surface area contributed by atoms with E-state index in [-0.39, 0.29) is 48.6 Å². The van der Waals surface area contributed by atoms with Gasteiger partial charge in [0.05, 0.1) is 37.1 Å². The van der Waals surface area contributed by atoms with Crippen molar-refractivity contribution in [1.29, 1.82) is 0 Å². The van der Waals surface area contributed by atoms with Crippen molar-refractivity contribution in [2.24, 2.45) is 51.2 Å². The zero-order valence-corrected chi connectivity index (χ0v) is 32.8. The van der Waals surface area contributed by atoms with E-state index in [9.17, 15) is 20.4 Å². The van der Waals surface area contributed by atoms with Crippen molar-refractivity contribution in [1.82, 2.24) is 0 Å². The first kappa shape index (κ1) is 39.1. The van der Waals surface area contributed by atoms with Crippen molar-refractivity contribution in [3.05, 3.63) is 11.6 Å². The fourth-order valence-corrected chi connectivity index (χ4v) is 12.6. The summed E-state index contributed by atoms with van der Waals surface area (Å²) in [6, 6.07) is 0. The Morgan fingerprint density at radius 1 is 0.960 bits per heavy atom. The predicted molar refractivity (Wildman–Crippen MR) is 194 cm³/mol. The Labute approximate surface area is 303 Å². The molecule has 0 aromatic carbocycles. The number of fused-ring (bicyclic) bond motifs is 5. The highest BCUT2D eigenvalue weighted by atomic mass is 16.7. The molecule has 0 bridgehead atoms. The van der Waals surface area contributed by atoms with Crippen LogP contribution in [-0.2, 0) is 18.9 Å². The van der Waals surface area contributed by atoms with Gasteiger partial charge in [-0.25, -0.2) is 0 Å². The molecule has 0 aromatic rings. The minimum atomic E-state index is -0.881. The first-order valence-corrected chi connectivity index (χ1v) is 20.3. The Hall–Kier alpha value is -0.580. The number of aliphatic hydroxyl groups is 4. The van der Waals surface area contributed by atoms with Gasteiger partial charge in [-0.3, -0.25) is 0 Å². The van der Waals surface area contributed by atoms with Crippen molar-refractivity contribution in [2.45, 2.75) is 188 Å². The van der Waals surface area contributed by atoms with Gasteiger partial charge in [-0.1, -0.05) is 73.0 Å². The van der Waals surface area contributed by atoms with Crippen molar-refractivity contribution in [2.75, 3.05) is 13.2 Å². The van der Waals surface area contributed by atoms with Crippen LogP contribution in [0.15, 0.2) is 11.6 Å². The second-order valence-electron chi connectivity index (χ2n) is 19.9. The van der Waals surface area contributed by atoms with Gasteiger partial charge < -0.3 is 39.4 Å². The Morgan fingerprint density at radius 2 is 1.70 bits per heavy atom. The van der Waals surface area contributed by atoms with E-state index in [4.69, 9.17) is 18.9 Å². The normalized spacial score (nSPS) is 48.3. The van der Waals surface area contributed by atoms with Crippen LogP contribution in [0.4, 0.5) is 0 Å². The summed E-state index contributed by atoms with van der Waals surface area (Å²) in [5.41, 5.74) is 1.73. The topological polar surface area (TPSA) is 118 Å². The maximum atomic E-state index is 11.2. The number of aliphatic hydroxyl groups excluding tert-OH is 3. The van der Waals surface area contributed by atoms with Crippen LogP contribution in [0.1, 0.15) is 139 Å². The van der Waals surface area contributed by atoms with Crippen LogP contribution in [0.3, 0.4) is 0 Å². The van der Waals surface area contributed by atoms with E-state index in [1.54, 1.807) is 5.57 Å². The average molecular weight is 705 g/mol. The summed E-state index contributed by atoms with van der Waals surface area (Å²) >= 11 is 0. The van der Waals surface area contributed by atoms with Gasteiger partial charge in [0.25, 0.3) is 0 Å². The standard InChI is InChI=1S/C42H72O8/c1-25(11-10-17-38(3,4)46)29-16-18-42(9)33-14-12-30-31(40(33,7)19-20-41(29,42)8)13-15-34(39(30,5)6)50-37-35(45)26(2)21-28(49-37)24-48-36-32(44)22-27(43)23-47-36/h12,25-29,31-37,43-46H,10-11,13-24H2,1-9H3/t25-,26+,27+,28+,29?,31?,32-,33?,34+,35-,36+,37+,40+,41-,42+/m1/s1. The lowest BCUT2D eigenvalue weighted by Gasteiger charge is -2.66. The van der Waals surface area contributed by atoms with Gasteiger partial charge in [-0.2, -0.15) is 0 Å². The highest BCUT2D eigenvalue weighted by molar-refractivity contribution is 5.30. The molecular weight excluding hydrogens is 632 g/mol. The maximum Gasteiger partial charge on any atom is 0.184 e. The molecule has 0 radical (unpaired) electrons. The first-order valence-electron chi connectivity index (χ1n) is 20.3. The zero-order valence-electron chi connectivity index (χ0n) is 32.8. The Bertz CT molecular complexity index is 1210. The molecule has 2 saturated heterocycles. The van der Waals surface area contributed by atoms with E-state index in [2.05, 4.69) is 47.6 Å². The van der Waals surface area contributed by atoms with Crippen LogP contribution in [0.2, 0.25) is 0 Å². The molecule has 2 heterocycles. The number of hydrogen-bond donors (Lipinski definition) is 4. The molecule has 0 amide bonds. The summed E-state index contributed by atoms with van der Waals surface area (Å²) in [5.74, 6) is 2.62. The summed E-state index contributed by atoms with van der Waals surface area (Å²) in [6.07, 6.45) is 10.9. The monoisotopic (exact) mass is 705 g/mol. The van der Waals surface area contributed by atoms with Gasteiger partial charge in [0.1, 0.15) is 12.2 Å². The number of hydrogen-bond acceptors (Lipinski definition) is 8. The predicted octanol–water partition coefficient (Wildman–Crippen LogP) is 7.15. The third-order valence-electron chi connectivity index (χ3n) is 15.8. The van der Waals surface area contributed by atoms with E-state index in [0.29, 0.717) is 35.0 Å². The van der Waals surface area contributed by atoms with Crippen LogP contribution in [0.5, 0.6) is 0 Å². The summed E-state index contributed by atoms with van der Waals surface area (Å²) in [6.45, 7) is 21.4. The second kappa shape index (κ2) is 14.2. The summed E-state index contributed by atoms with van der Waals surface area (Å²) in [7, 11) is 0. The van der Waals surface area contributed by atoms with Gasteiger partial charge in [-0.15, -0.1) is 0 Å². The molecule has 0 aromatic heterocycles. The van der Waals surface area contributed by atoms with Crippen LogP contribution in [0, 0.1) is 51.2 Å². The largest absolute Gasteiger partial charge is 0.391 e. The summed E-state index contributed by atoms with van der Waals surface area (Å²) in [4.78, 5) is 0. The lowest BCUT2D eigenvalue weighted by atomic mass is 9.39. The Kier molecular flexibility index (Phi) is 11.1. The molecule has 4 N–H and O–H groups in total. The molecule has 5 fully saturated rings. The molecule has 4 aliphatic carbocycles. The van der Waals surface area contributed by atoms with Crippen LogP contribution >= 0.6 is 0 Å². The average Bonchev–Trinajstić information content (AvgIpc) is 3.30. The van der Waals surface area contributed by atoms with Gasteiger partial charge in [0.15, 0.2) is 12.6 Å². The quantitative estimate of drug-likeness (QED) is 0.177. The molecule has 3 unspecified atom stereocenters. The smallest absolute Gasteiger partial charge is 0.184 e. The molecule has 6 aliphatic rings. The third kappa shape index (κ3) is 7.05. The van der Waals surface area contributed by atoms with Crippen molar-refractivity contribution < 1.29 is 39.4 Å². The van der Waals surface area contributed by atoms with E-state index in [1.807, 2.05) is 20.8 Å². The minimum absolute atomic E-state index is 0.0221. The number of ether oxygens (including phenoxy) is 4. The molecule has 288 valence electrons. The highest BCUT2D eigenvalue weighted by Gasteiger charge is 2.67. The number of rotatable bonds is 10. The fourth-order valence-electron chi connectivity index (χ4n) is 12.6. The van der Waals surface area contributed by atoms with Crippen molar-refractivity contribution in [3.63, 3.8) is 0 Å². The molecule has 8 heteroatoms.